The molecule has 8 nitrogen and oxygen atoms in total. The number of nitrogens with zero attached hydrogens (tertiary/aromatic N) is 1. The number of likely N-dealkylation sites (N-methyl/N-ethyl adjacent to an activating group) is 1. The van der Waals surface area contributed by atoms with Crippen LogP contribution < -0.4 is 0 Å². The van der Waals surface area contributed by atoms with Crippen LogP contribution >= 0.6 is 0 Å². The molecule has 0 fully saturated rings. The molecular formula is C49H82NO7+. The molecule has 0 saturated heterocycles. The molecule has 0 aliphatic rings. The standard InChI is InChI=1S/C49H81NO7/c1-6-8-10-12-14-16-18-20-22-23-24-25-26-28-30-32-34-36-38-40-48(52)57-45(43-55-42-41-46(49(53)54)50(3,4)5)44-56-47(51)39-37-35-33-31-29-27-21-19-17-15-13-11-9-7-2/h8,10,13-16,19-22,24-25,28,30,45-46H,6-7,9,11-12,17-18,23,26-27,29,31-44H2,1-5H3/p+1/b10-8-,15-13-,16-14-,21-19-,22-20-,25-24-,30-28-. The van der Waals surface area contributed by atoms with E-state index in [0.717, 1.165) is 96.3 Å². The summed E-state index contributed by atoms with van der Waals surface area (Å²) in [7, 11) is 5.50. The van der Waals surface area contributed by atoms with Gasteiger partial charge in [0, 0.05) is 19.3 Å². The number of unbranched alkanes of at least 4 members (excludes halogenated alkanes) is 10. The lowest BCUT2D eigenvalue weighted by Crippen LogP contribution is -2.50. The molecule has 0 saturated carbocycles. The van der Waals surface area contributed by atoms with Crippen LogP contribution in [0.4, 0.5) is 0 Å². The third kappa shape index (κ3) is 37.8. The van der Waals surface area contributed by atoms with E-state index in [1.807, 2.05) is 21.1 Å². The highest BCUT2D eigenvalue weighted by atomic mass is 16.6. The molecule has 0 aromatic heterocycles. The lowest BCUT2D eigenvalue weighted by atomic mass is 10.1. The maximum atomic E-state index is 12.7. The summed E-state index contributed by atoms with van der Waals surface area (Å²) >= 11 is 0. The zero-order chi connectivity index (χ0) is 42.1. The van der Waals surface area contributed by atoms with Crippen LogP contribution in [-0.4, -0.2) is 80.6 Å². The number of allylic oxidation sites excluding steroid dienone is 14. The topological polar surface area (TPSA) is 99.1 Å². The quantitative estimate of drug-likeness (QED) is 0.0287. The first-order chi connectivity index (χ1) is 27.6. The number of carboxylic acids is 1. The number of carbonyl (C=O) groups is 3. The molecule has 1 N–H and O–H groups in total. The first kappa shape index (κ1) is 53.5. The Kier molecular flexibility index (Phi) is 36.9. The average Bonchev–Trinajstić information content (AvgIpc) is 3.17. The second-order valence-corrected chi connectivity index (χ2v) is 15.6. The van der Waals surface area contributed by atoms with Crippen LogP contribution in [-0.2, 0) is 28.6 Å². The van der Waals surface area contributed by atoms with Gasteiger partial charge in [0.1, 0.15) is 6.61 Å². The molecule has 0 radical (unpaired) electrons. The van der Waals surface area contributed by atoms with Crippen LogP contribution in [0.2, 0.25) is 0 Å². The van der Waals surface area contributed by atoms with Gasteiger partial charge in [-0.3, -0.25) is 9.59 Å². The van der Waals surface area contributed by atoms with Crippen molar-refractivity contribution in [3.05, 3.63) is 85.1 Å². The van der Waals surface area contributed by atoms with Gasteiger partial charge in [-0.2, -0.15) is 0 Å². The molecule has 324 valence electrons. The van der Waals surface area contributed by atoms with Crippen LogP contribution in [0.5, 0.6) is 0 Å². The minimum atomic E-state index is -0.887. The van der Waals surface area contributed by atoms with Crippen molar-refractivity contribution in [1.82, 2.24) is 0 Å². The number of esters is 2. The van der Waals surface area contributed by atoms with E-state index < -0.39 is 18.1 Å². The number of rotatable bonds is 38. The Bertz CT molecular complexity index is 1200. The number of hydrogen-bond acceptors (Lipinski definition) is 6. The summed E-state index contributed by atoms with van der Waals surface area (Å²) in [5.41, 5.74) is 0. The molecule has 0 heterocycles. The summed E-state index contributed by atoms with van der Waals surface area (Å²) in [5.74, 6) is -1.54. The average molecular weight is 797 g/mol. The Labute approximate surface area is 348 Å². The molecule has 8 heteroatoms. The van der Waals surface area contributed by atoms with Crippen molar-refractivity contribution in [3.8, 4) is 0 Å². The predicted molar refractivity (Wildman–Crippen MR) is 238 cm³/mol. The van der Waals surface area contributed by atoms with Gasteiger partial charge in [-0.05, 0) is 83.5 Å². The highest BCUT2D eigenvalue weighted by molar-refractivity contribution is 5.72. The molecule has 0 aliphatic carbocycles. The van der Waals surface area contributed by atoms with Crippen molar-refractivity contribution >= 4 is 17.9 Å². The third-order valence-corrected chi connectivity index (χ3v) is 9.28. The zero-order valence-corrected chi connectivity index (χ0v) is 36.8. The smallest absolute Gasteiger partial charge is 0.362 e. The fourth-order valence-corrected chi connectivity index (χ4v) is 5.84. The number of carboxylic acid groups (broad SMARTS) is 1. The maximum Gasteiger partial charge on any atom is 0.362 e. The van der Waals surface area contributed by atoms with Crippen molar-refractivity contribution < 1.29 is 38.2 Å². The van der Waals surface area contributed by atoms with Gasteiger partial charge in [-0.25, -0.2) is 4.79 Å². The van der Waals surface area contributed by atoms with E-state index in [1.54, 1.807) is 0 Å². The van der Waals surface area contributed by atoms with Gasteiger partial charge in [-0.15, -0.1) is 0 Å². The highest BCUT2D eigenvalue weighted by Crippen LogP contribution is 2.12. The summed E-state index contributed by atoms with van der Waals surface area (Å²) in [6.45, 7) is 4.51. The van der Waals surface area contributed by atoms with E-state index in [9.17, 15) is 19.5 Å². The van der Waals surface area contributed by atoms with Crippen molar-refractivity contribution in [2.45, 2.75) is 167 Å². The molecule has 0 aliphatic heterocycles. The predicted octanol–water partition coefficient (Wildman–Crippen LogP) is 12.1. The molecule has 0 bridgehead atoms. The summed E-state index contributed by atoms with van der Waals surface area (Å²) in [6, 6.07) is -0.627. The summed E-state index contributed by atoms with van der Waals surface area (Å²) in [6.07, 6.45) is 50.5. The minimum Gasteiger partial charge on any atom is -0.477 e. The summed E-state index contributed by atoms with van der Waals surface area (Å²) in [5, 5.41) is 9.62. The van der Waals surface area contributed by atoms with E-state index >= 15 is 0 Å². The Morgan fingerprint density at radius 1 is 0.544 bits per heavy atom. The van der Waals surface area contributed by atoms with Gasteiger partial charge in [0.25, 0.3) is 0 Å². The van der Waals surface area contributed by atoms with Crippen LogP contribution in [0.25, 0.3) is 0 Å². The molecule has 0 rings (SSSR count). The van der Waals surface area contributed by atoms with Crippen molar-refractivity contribution in [1.29, 1.82) is 0 Å². The fraction of sp³-hybridized carbons (Fsp3) is 0.653. The number of aliphatic carboxylic acids is 1. The van der Waals surface area contributed by atoms with E-state index in [-0.39, 0.29) is 42.7 Å². The second-order valence-electron chi connectivity index (χ2n) is 15.6. The first-order valence-electron chi connectivity index (χ1n) is 22.1. The van der Waals surface area contributed by atoms with Crippen molar-refractivity contribution in [2.24, 2.45) is 0 Å². The molecule has 0 spiro atoms. The monoisotopic (exact) mass is 797 g/mol. The lowest BCUT2D eigenvalue weighted by molar-refractivity contribution is -0.887. The molecule has 2 atom stereocenters. The van der Waals surface area contributed by atoms with Crippen molar-refractivity contribution in [3.63, 3.8) is 0 Å². The molecule has 0 aromatic carbocycles. The number of hydrogen-bond donors (Lipinski definition) is 1. The van der Waals surface area contributed by atoms with Gasteiger partial charge in [-0.1, -0.05) is 137 Å². The van der Waals surface area contributed by atoms with Gasteiger partial charge in [0.15, 0.2) is 12.1 Å². The zero-order valence-electron chi connectivity index (χ0n) is 36.8. The Morgan fingerprint density at radius 3 is 1.47 bits per heavy atom. The molecule has 0 amide bonds. The van der Waals surface area contributed by atoms with Crippen LogP contribution in [0.1, 0.15) is 155 Å². The van der Waals surface area contributed by atoms with E-state index in [4.69, 9.17) is 14.2 Å². The van der Waals surface area contributed by atoms with Gasteiger partial charge >= 0.3 is 17.9 Å². The summed E-state index contributed by atoms with van der Waals surface area (Å²) < 4.78 is 17.2. The summed E-state index contributed by atoms with van der Waals surface area (Å²) in [4.78, 5) is 37.0. The molecular weight excluding hydrogens is 715 g/mol. The van der Waals surface area contributed by atoms with Crippen LogP contribution in [0, 0.1) is 0 Å². The first-order valence-corrected chi connectivity index (χ1v) is 22.1. The van der Waals surface area contributed by atoms with Gasteiger partial charge < -0.3 is 23.8 Å². The van der Waals surface area contributed by atoms with E-state index in [1.165, 1.54) is 19.3 Å². The van der Waals surface area contributed by atoms with Gasteiger partial charge in [0.2, 0.25) is 0 Å². The number of carbonyl (C=O) groups excluding carboxylic acids is 2. The van der Waals surface area contributed by atoms with E-state index in [0.29, 0.717) is 19.3 Å². The Hall–Kier alpha value is -3.49. The highest BCUT2D eigenvalue weighted by Gasteiger charge is 2.31. The maximum absolute atomic E-state index is 12.7. The van der Waals surface area contributed by atoms with Crippen LogP contribution in [0.3, 0.4) is 0 Å². The molecule has 0 aromatic rings. The number of ether oxygens (including phenoxy) is 3. The van der Waals surface area contributed by atoms with Crippen molar-refractivity contribution in [2.75, 3.05) is 41.0 Å². The Balaban J connectivity index is 4.45. The molecule has 57 heavy (non-hydrogen) atoms. The largest absolute Gasteiger partial charge is 0.477 e. The third-order valence-electron chi connectivity index (χ3n) is 9.28. The fourth-order valence-electron chi connectivity index (χ4n) is 5.84. The molecule has 2 unspecified atom stereocenters. The minimum absolute atomic E-state index is 0.0379. The normalized spacial score (nSPS) is 13.8. The second kappa shape index (κ2) is 39.3. The van der Waals surface area contributed by atoms with Gasteiger partial charge in [0.05, 0.1) is 34.4 Å². The lowest BCUT2D eigenvalue weighted by Gasteiger charge is -2.31. The Morgan fingerprint density at radius 2 is 0.982 bits per heavy atom. The number of quaternary nitrogens is 1. The van der Waals surface area contributed by atoms with Crippen LogP contribution in [0.15, 0.2) is 85.1 Å². The SMILES string of the molecule is CC/C=C\C/C=C\C/C=C\C/C=C\C/C=C\CCCCCC(=O)OC(COCCC(C(=O)O)[N+](C)(C)C)COC(=O)CCCCCCC/C=C\C/C=C\CCCC. The van der Waals surface area contributed by atoms with E-state index in [2.05, 4.69) is 98.9 Å².